The number of benzene rings is 1. The number of anilines is 1. The Bertz CT molecular complexity index is 824. The number of fused-ring (bicyclic) bond motifs is 1. The third-order valence-corrected chi connectivity index (χ3v) is 4.45. The Labute approximate surface area is 140 Å². The summed E-state index contributed by atoms with van der Waals surface area (Å²) in [6, 6.07) is 12.3. The number of morpholine rings is 1. The maximum absolute atomic E-state index is 6.13. The molecule has 24 heavy (non-hydrogen) atoms. The van der Waals surface area contributed by atoms with Gasteiger partial charge in [-0.2, -0.15) is 5.10 Å². The summed E-state index contributed by atoms with van der Waals surface area (Å²) in [5, 5.41) is 5.40. The molecule has 3 heterocycles. The molecular weight excluding hydrogens is 302 g/mol. The van der Waals surface area contributed by atoms with E-state index in [-0.39, 0.29) is 0 Å². The van der Waals surface area contributed by atoms with Crippen LogP contribution >= 0.6 is 0 Å². The van der Waals surface area contributed by atoms with E-state index in [4.69, 9.17) is 10.5 Å². The van der Waals surface area contributed by atoms with E-state index in [2.05, 4.69) is 33.2 Å². The molecule has 0 atom stereocenters. The van der Waals surface area contributed by atoms with Gasteiger partial charge in [-0.25, -0.2) is 9.67 Å². The van der Waals surface area contributed by atoms with Gasteiger partial charge in [-0.3, -0.25) is 4.90 Å². The van der Waals surface area contributed by atoms with E-state index in [1.165, 1.54) is 0 Å². The van der Waals surface area contributed by atoms with Crippen LogP contribution in [0.25, 0.3) is 22.2 Å². The van der Waals surface area contributed by atoms with Crippen molar-refractivity contribution in [1.29, 1.82) is 0 Å². The summed E-state index contributed by atoms with van der Waals surface area (Å²) >= 11 is 0. The minimum Gasteiger partial charge on any atom is -0.382 e. The van der Waals surface area contributed by atoms with Gasteiger partial charge in [0.05, 0.1) is 25.1 Å². The molecule has 0 aliphatic carbocycles. The van der Waals surface area contributed by atoms with Crippen LogP contribution in [0.15, 0.2) is 42.6 Å². The number of hydrogen-bond donors (Lipinski definition) is 1. The molecule has 6 heteroatoms. The van der Waals surface area contributed by atoms with Crippen molar-refractivity contribution in [1.82, 2.24) is 19.7 Å². The lowest BCUT2D eigenvalue weighted by atomic mass is 10.1. The maximum atomic E-state index is 6.13. The number of nitrogen functional groups attached to an aromatic ring is 1. The highest BCUT2D eigenvalue weighted by atomic mass is 16.5. The van der Waals surface area contributed by atoms with Crippen LogP contribution in [0.3, 0.4) is 0 Å². The number of hydrogen-bond acceptors (Lipinski definition) is 5. The van der Waals surface area contributed by atoms with Crippen molar-refractivity contribution in [3.8, 4) is 11.1 Å². The molecule has 1 aliphatic rings. The van der Waals surface area contributed by atoms with Crippen molar-refractivity contribution in [3.05, 3.63) is 42.6 Å². The Morgan fingerprint density at radius 3 is 2.62 bits per heavy atom. The van der Waals surface area contributed by atoms with Gasteiger partial charge >= 0.3 is 0 Å². The molecule has 2 N–H and O–H groups in total. The van der Waals surface area contributed by atoms with Gasteiger partial charge in [-0.05, 0) is 11.6 Å². The van der Waals surface area contributed by atoms with Crippen molar-refractivity contribution in [3.63, 3.8) is 0 Å². The highest BCUT2D eigenvalue weighted by molar-refractivity contribution is 5.89. The van der Waals surface area contributed by atoms with E-state index in [1.54, 1.807) is 0 Å². The van der Waals surface area contributed by atoms with Crippen LogP contribution in [-0.2, 0) is 11.3 Å². The Morgan fingerprint density at radius 2 is 1.83 bits per heavy atom. The Hall–Kier alpha value is -2.44. The van der Waals surface area contributed by atoms with E-state index in [1.807, 2.05) is 29.1 Å². The van der Waals surface area contributed by atoms with Gasteiger partial charge < -0.3 is 10.5 Å². The molecule has 1 fully saturated rings. The highest BCUT2D eigenvalue weighted by Crippen LogP contribution is 2.25. The van der Waals surface area contributed by atoms with Crippen LogP contribution in [0.2, 0.25) is 0 Å². The smallest absolute Gasteiger partial charge is 0.160 e. The van der Waals surface area contributed by atoms with Gasteiger partial charge in [0.2, 0.25) is 0 Å². The van der Waals surface area contributed by atoms with Crippen molar-refractivity contribution in [2.24, 2.45) is 0 Å². The fourth-order valence-electron chi connectivity index (χ4n) is 3.09. The zero-order chi connectivity index (χ0) is 16.4. The molecule has 2 aromatic heterocycles. The number of rotatable bonds is 4. The lowest BCUT2D eigenvalue weighted by Crippen LogP contribution is -2.38. The summed E-state index contributed by atoms with van der Waals surface area (Å²) in [6.07, 6.45) is 1.89. The van der Waals surface area contributed by atoms with E-state index in [0.717, 1.165) is 61.6 Å². The monoisotopic (exact) mass is 323 g/mol. The molecule has 124 valence electrons. The second-order valence-electron chi connectivity index (χ2n) is 6.02. The number of ether oxygens (including phenoxy) is 1. The molecule has 0 saturated carbocycles. The summed E-state index contributed by atoms with van der Waals surface area (Å²) in [5.74, 6) is 0.539. The SMILES string of the molecule is Nc1nn(CCN2CCOCC2)c2ncc(-c3ccccc3)cc12. The zero-order valence-electron chi connectivity index (χ0n) is 13.6. The second-order valence-corrected chi connectivity index (χ2v) is 6.02. The molecule has 0 amide bonds. The third kappa shape index (κ3) is 2.98. The number of aromatic nitrogens is 3. The normalized spacial score (nSPS) is 15.8. The molecule has 3 aromatic rings. The Kier molecular flexibility index (Phi) is 4.15. The number of nitrogens with two attached hydrogens (primary N) is 1. The van der Waals surface area contributed by atoms with Gasteiger partial charge in [0.25, 0.3) is 0 Å². The summed E-state index contributed by atoms with van der Waals surface area (Å²) in [4.78, 5) is 7.00. The summed E-state index contributed by atoms with van der Waals surface area (Å²) < 4.78 is 7.30. The van der Waals surface area contributed by atoms with Gasteiger partial charge in [0, 0.05) is 31.4 Å². The fraction of sp³-hybridized carbons (Fsp3) is 0.333. The highest BCUT2D eigenvalue weighted by Gasteiger charge is 2.14. The lowest BCUT2D eigenvalue weighted by Gasteiger charge is -2.26. The zero-order valence-corrected chi connectivity index (χ0v) is 13.6. The van der Waals surface area contributed by atoms with Crippen LogP contribution in [0.5, 0.6) is 0 Å². The van der Waals surface area contributed by atoms with Crippen molar-refractivity contribution in [2.75, 3.05) is 38.6 Å². The van der Waals surface area contributed by atoms with E-state index < -0.39 is 0 Å². The molecular formula is C18H21N5O. The fourth-order valence-corrected chi connectivity index (χ4v) is 3.09. The first-order chi connectivity index (χ1) is 11.8. The summed E-state index contributed by atoms with van der Waals surface area (Å²) in [6.45, 7) is 5.27. The lowest BCUT2D eigenvalue weighted by molar-refractivity contribution is 0.0361. The summed E-state index contributed by atoms with van der Waals surface area (Å²) in [5.41, 5.74) is 9.16. The molecule has 1 aliphatic heterocycles. The van der Waals surface area contributed by atoms with Crippen LogP contribution in [0.1, 0.15) is 0 Å². The van der Waals surface area contributed by atoms with E-state index >= 15 is 0 Å². The first kappa shape index (κ1) is 15.1. The van der Waals surface area contributed by atoms with Gasteiger partial charge in [-0.1, -0.05) is 30.3 Å². The van der Waals surface area contributed by atoms with Crippen LogP contribution in [0, 0.1) is 0 Å². The Morgan fingerprint density at radius 1 is 1.04 bits per heavy atom. The van der Waals surface area contributed by atoms with E-state index in [9.17, 15) is 0 Å². The number of pyridine rings is 1. The first-order valence-corrected chi connectivity index (χ1v) is 8.29. The second kappa shape index (κ2) is 6.59. The van der Waals surface area contributed by atoms with E-state index in [0.29, 0.717) is 5.82 Å². The van der Waals surface area contributed by atoms with Gasteiger partial charge in [0.1, 0.15) is 0 Å². The predicted molar refractivity (Wildman–Crippen MR) is 94.6 cm³/mol. The third-order valence-electron chi connectivity index (χ3n) is 4.45. The van der Waals surface area contributed by atoms with Gasteiger partial charge in [0.15, 0.2) is 11.5 Å². The Balaban J connectivity index is 1.59. The topological polar surface area (TPSA) is 69.2 Å². The van der Waals surface area contributed by atoms with Crippen LogP contribution in [-0.4, -0.2) is 52.5 Å². The molecule has 0 radical (unpaired) electrons. The van der Waals surface area contributed by atoms with Crippen molar-refractivity contribution in [2.45, 2.75) is 6.54 Å². The molecule has 0 bridgehead atoms. The average Bonchev–Trinajstić information content (AvgIpc) is 2.97. The first-order valence-electron chi connectivity index (χ1n) is 8.29. The van der Waals surface area contributed by atoms with Crippen LogP contribution < -0.4 is 5.73 Å². The minimum atomic E-state index is 0.539. The molecule has 0 spiro atoms. The molecule has 0 unspecified atom stereocenters. The maximum Gasteiger partial charge on any atom is 0.160 e. The minimum absolute atomic E-state index is 0.539. The van der Waals surface area contributed by atoms with Crippen LogP contribution in [0.4, 0.5) is 5.82 Å². The van der Waals surface area contributed by atoms with Gasteiger partial charge in [-0.15, -0.1) is 0 Å². The van der Waals surface area contributed by atoms with Crippen molar-refractivity contribution < 1.29 is 4.74 Å². The number of nitrogens with zero attached hydrogens (tertiary/aromatic N) is 4. The molecule has 1 saturated heterocycles. The standard InChI is InChI=1S/C18H21N5O/c19-17-16-12-15(14-4-2-1-3-5-14)13-20-18(16)23(21-17)7-6-22-8-10-24-11-9-22/h1-5,12-13H,6-11H2,(H2,19,21). The largest absolute Gasteiger partial charge is 0.382 e. The molecule has 4 rings (SSSR count). The quantitative estimate of drug-likeness (QED) is 0.795. The van der Waals surface area contributed by atoms with Crippen molar-refractivity contribution >= 4 is 16.9 Å². The predicted octanol–water partition coefficient (Wildman–Crippen LogP) is 2.01. The summed E-state index contributed by atoms with van der Waals surface area (Å²) in [7, 11) is 0. The average molecular weight is 323 g/mol. The molecule has 6 nitrogen and oxygen atoms in total. The molecule has 1 aromatic carbocycles.